The molecule has 0 heterocycles. The van der Waals surface area contributed by atoms with Crippen molar-refractivity contribution in [3.8, 4) is 0 Å². The van der Waals surface area contributed by atoms with Crippen LogP contribution in [0.3, 0.4) is 0 Å². The minimum absolute atomic E-state index is 0.181. The van der Waals surface area contributed by atoms with E-state index in [2.05, 4.69) is 0 Å². The summed E-state index contributed by atoms with van der Waals surface area (Å²) in [5.74, 6) is -1.21. The topological polar surface area (TPSA) is 20.2 Å². The van der Waals surface area contributed by atoms with E-state index in [0.717, 1.165) is 17.2 Å². The fourth-order valence-electron chi connectivity index (χ4n) is 2.12. The molecule has 0 bridgehead atoms. The third-order valence-corrected chi connectivity index (χ3v) is 3.02. The highest BCUT2D eigenvalue weighted by atomic mass is 19.1. The van der Waals surface area contributed by atoms with E-state index in [-0.39, 0.29) is 6.42 Å². The van der Waals surface area contributed by atoms with Gasteiger partial charge in [0.15, 0.2) is 0 Å². The lowest BCUT2D eigenvalue weighted by Gasteiger charge is -2.12. The summed E-state index contributed by atoms with van der Waals surface area (Å²) in [6.07, 6.45) is -0.0415. The van der Waals surface area contributed by atoms with Crippen molar-refractivity contribution >= 4 is 0 Å². The molecule has 0 spiro atoms. The Balaban J connectivity index is 2.03. The van der Waals surface area contributed by atoms with Crippen LogP contribution >= 0.6 is 0 Å². The molecule has 0 fully saturated rings. The Kier molecular flexibility index (Phi) is 4.27. The van der Waals surface area contributed by atoms with Crippen LogP contribution in [0.4, 0.5) is 8.78 Å². The Morgan fingerprint density at radius 2 is 1.84 bits per heavy atom. The summed E-state index contributed by atoms with van der Waals surface area (Å²) >= 11 is 0. The Morgan fingerprint density at radius 3 is 2.53 bits per heavy atom. The van der Waals surface area contributed by atoms with Crippen LogP contribution in [-0.4, -0.2) is 11.2 Å². The number of rotatable bonds is 4. The zero-order valence-corrected chi connectivity index (χ0v) is 10.7. The Morgan fingerprint density at radius 1 is 1.05 bits per heavy atom. The van der Waals surface area contributed by atoms with E-state index < -0.39 is 17.7 Å². The average molecular weight is 262 g/mol. The van der Waals surface area contributed by atoms with Gasteiger partial charge < -0.3 is 5.11 Å². The first-order chi connectivity index (χ1) is 9.04. The van der Waals surface area contributed by atoms with Gasteiger partial charge in [-0.3, -0.25) is 0 Å². The molecule has 0 radical (unpaired) electrons. The second kappa shape index (κ2) is 5.93. The molecule has 2 rings (SSSR count). The van der Waals surface area contributed by atoms with Crippen molar-refractivity contribution in [1.82, 2.24) is 0 Å². The monoisotopic (exact) mass is 262 g/mol. The molecule has 0 saturated heterocycles. The molecule has 1 atom stereocenters. The maximum atomic E-state index is 13.5. The number of hydrogen-bond donors (Lipinski definition) is 1. The molecule has 0 amide bonds. The van der Waals surface area contributed by atoms with Gasteiger partial charge in [-0.05, 0) is 30.5 Å². The lowest BCUT2D eigenvalue weighted by molar-refractivity contribution is 0.174. The van der Waals surface area contributed by atoms with Gasteiger partial charge in [0, 0.05) is 12.5 Å². The van der Waals surface area contributed by atoms with Gasteiger partial charge in [0.05, 0.1) is 6.10 Å². The molecule has 0 aromatic heterocycles. The largest absolute Gasteiger partial charge is 0.392 e. The minimum Gasteiger partial charge on any atom is -0.392 e. The second-order valence-electron chi connectivity index (χ2n) is 4.79. The van der Waals surface area contributed by atoms with E-state index in [1.165, 1.54) is 12.1 Å². The molecule has 0 saturated carbocycles. The lowest BCUT2D eigenvalue weighted by Crippen LogP contribution is -2.15. The summed E-state index contributed by atoms with van der Waals surface area (Å²) in [6, 6.07) is 11.3. The summed E-state index contributed by atoms with van der Waals surface area (Å²) in [6.45, 7) is 1.98. The molecule has 100 valence electrons. The van der Waals surface area contributed by atoms with Crippen LogP contribution in [-0.2, 0) is 12.8 Å². The molecule has 1 nitrogen and oxygen atoms in total. The van der Waals surface area contributed by atoms with Gasteiger partial charge in [-0.1, -0.05) is 35.9 Å². The molecule has 3 heteroatoms. The standard InChI is InChI=1S/C16H16F2O/c1-11-3-2-4-12(7-11)8-15(19)9-13-5-6-14(17)10-16(13)18/h2-7,10,15,19H,8-9H2,1H3. The first kappa shape index (κ1) is 13.7. The number of halogens is 2. The molecule has 1 N–H and O–H groups in total. The number of aliphatic hydroxyl groups is 1. The fourth-order valence-corrected chi connectivity index (χ4v) is 2.12. The quantitative estimate of drug-likeness (QED) is 0.895. The highest BCUT2D eigenvalue weighted by Gasteiger charge is 2.11. The molecular formula is C16H16F2O. The van der Waals surface area contributed by atoms with Crippen LogP contribution in [0, 0.1) is 18.6 Å². The first-order valence-electron chi connectivity index (χ1n) is 6.22. The van der Waals surface area contributed by atoms with Gasteiger partial charge in [-0.2, -0.15) is 0 Å². The zero-order valence-electron chi connectivity index (χ0n) is 10.7. The average Bonchev–Trinajstić information content (AvgIpc) is 2.33. The van der Waals surface area contributed by atoms with E-state index in [0.29, 0.717) is 12.0 Å². The highest BCUT2D eigenvalue weighted by Crippen LogP contribution is 2.14. The summed E-state index contributed by atoms with van der Waals surface area (Å²) in [5, 5.41) is 9.98. The smallest absolute Gasteiger partial charge is 0.129 e. The molecule has 0 aliphatic rings. The lowest BCUT2D eigenvalue weighted by atomic mass is 10.00. The molecule has 2 aromatic carbocycles. The number of benzene rings is 2. The van der Waals surface area contributed by atoms with Gasteiger partial charge in [-0.25, -0.2) is 8.78 Å². The van der Waals surface area contributed by atoms with E-state index in [9.17, 15) is 13.9 Å². The minimum atomic E-state index is -0.679. The molecule has 19 heavy (non-hydrogen) atoms. The summed E-state index contributed by atoms with van der Waals surface area (Å²) in [7, 11) is 0. The second-order valence-corrected chi connectivity index (χ2v) is 4.79. The maximum absolute atomic E-state index is 13.5. The predicted molar refractivity (Wildman–Crippen MR) is 71.0 cm³/mol. The van der Waals surface area contributed by atoms with Gasteiger partial charge >= 0.3 is 0 Å². The number of hydrogen-bond acceptors (Lipinski definition) is 1. The SMILES string of the molecule is Cc1cccc(CC(O)Cc2ccc(F)cc2F)c1. The number of aryl methyl sites for hydroxylation is 1. The van der Waals surface area contributed by atoms with Crippen LogP contribution < -0.4 is 0 Å². The van der Waals surface area contributed by atoms with Crippen molar-refractivity contribution in [3.63, 3.8) is 0 Å². The highest BCUT2D eigenvalue weighted by molar-refractivity contribution is 5.24. The van der Waals surface area contributed by atoms with E-state index in [1.807, 2.05) is 31.2 Å². The zero-order chi connectivity index (χ0) is 13.8. The van der Waals surface area contributed by atoms with Crippen LogP contribution in [0.1, 0.15) is 16.7 Å². The van der Waals surface area contributed by atoms with Gasteiger partial charge in [0.25, 0.3) is 0 Å². The van der Waals surface area contributed by atoms with E-state index in [4.69, 9.17) is 0 Å². The molecule has 1 unspecified atom stereocenters. The summed E-state index contributed by atoms with van der Waals surface area (Å²) < 4.78 is 26.2. The van der Waals surface area contributed by atoms with Crippen molar-refractivity contribution in [1.29, 1.82) is 0 Å². The number of aliphatic hydroxyl groups excluding tert-OH is 1. The molecule has 2 aromatic rings. The summed E-state index contributed by atoms with van der Waals surface area (Å²) in [5.41, 5.74) is 2.47. The Bertz CT molecular complexity index is 566. The summed E-state index contributed by atoms with van der Waals surface area (Å²) in [4.78, 5) is 0. The van der Waals surface area contributed by atoms with Crippen LogP contribution in [0.5, 0.6) is 0 Å². The van der Waals surface area contributed by atoms with Gasteiger partial charge in [0.1, 0.15) is 11.6 Å². The Hall–Kier alpha value is -1.74. The molecule has 0 aliphatic carbocycles. The van der Waals surface area contributed by atoms with Crippen LogP contribution in [0.15, 0.2) is 42.5 Å². The maximum Gasteiger partial charge on any atom is 0.129 e. The first-order valence-corrected chi connectivity index (χ1v) is 6.22. The molecular weight excluding hydrogens is 246 g/mol. The van der Waals surface area contributed by atoms with Crippen LogP contribution in [0.25, 0.3) is 0 Å². The van der Waals surface area contributed by atoms with Crippen LogP contribution in [0.2, 0.25) is 0 Å². The van der Waals surface area contributed by atoms with Crippen molar-refractivity contribution in [2.45, 2.75) is 25.9 Å². The van der Waals surface area contributed by atoms with E-state index in [1.54, 1.807) is 0 Å². The van der Waals surface area contributed by atoms with Crippen molar-refractivity contribution < 1.29 is 13.9 Å². The predicted octanol–water partition coefficient (Wildman–Crippen LogP) is 3.42. The Labute approximate surface area is 111 Å². The van der Waals surface area contributed by atoms with Gasteiger partial charge in [-0.15, -0.1) is 0 Å². The third kappa shape index (κ3) is 3.86. The van der Waals surface area contributed by atoms with Crippen molar-refractivity contribution in [3.05, 3.63) is 70.8 Å². The van der Waals surface area contributed by atoms with Gasteiger partial charge in [0.2, 0.25) is 0 Å². The normalized spacial score (nSPS) is 12.4. The van der Waals surface area contributed by atoms with Crippen molar-refractivity contribution in [2.24, 2.45) is 0 Å². The fraction of sp³-hybridized carbons (Fsp3) is 0.250. The van der Waals surface area contributed by atoms with Crippen molar-refractivity contribution in [2.75, 3.05) is 0 Å². The third-order valence-electron chi connectivity index (χ3n) is 3.02. The van der Waals surface area contributed by atoms with E-state index >= 15 is 0 Å². The molecule has 0 aliphatic heterocycles.